The Morgan fingerprint density at radius 1 is 1.13 bits per heavy atom. The second-order valence-corrected chi connectivity index (χ2v) is 8.00. The topological polar surface area (TPSA) is 86.8 Å². The molecule has 8 heteroatoms. The Morgan fingerprint density at radius 2 is 1.97 bits per heavy atom. The number of hydrogen-bond donors (Lipinski definition) is 2. The van der Waals surface area contributed by atoms with Crippen LogP contribution < -0.4 is 5.32 Å². The first-order chi connectivity index (χ1) is 15.2. The van der Waals surface area contributed by atoms with Crippen molar-refractivity contribution in [2.24, 2.45) is 0 Å². The van der Waals surface area contributed by atoms with Crippen molar-refractivity contribution in [3.63, 3.8) is 0 Å². The average molecular weight is 433 g/mol. The van der Waals surface area contributed by atoms with Crippen molar-refractivity contribution in [3.05, 3.63) is 71.8 Å². The summed E-state index contributed by atoms with van der Waals surface area (Å²) in [4.78, 5) is 30.8. The molecule has 3 aromatic heterocycles. The van der Waals surface area contributed by atoms with E-state index in [4.69, 9.17) is 16.6 Å². The maximum atomic E-state index is 12.6. The Bertz CT molecular complexity index is 1220. The molecule has 1 aromatic carbocycles. The summed E-state index contributed by atoms with van der Waals surface area (Å²) in [6.45, 7) is 1.35. The summed E-state index contributed by atoms with van der Waals surface area (Å²) in [5.41, 5.74) is 3.30. The molecule has 1 fully saturated rings. The molecule has 7 nitrogen and oxygen atoms in total. The van der Waals surface area contributed by atoms with Crippen LogP contribution in [-0.2, 0) is 0 Å². The largest absolute Gasteiger partial charge is 0.360 e. The van der Waals surface area contributed by atoms with E-state index in [1.807, 2.05) is 35.4 Å². The van der Waals surface area contributed by atoms with Gasteiger partial charge in [-0.1, -0.05) is 29.8 Å². The Kier molecular flexibility index (Phi) is 5.26. The van der Waals surface area contributed by atoms with Crippen molar-refractivity contribution in [2.45, 2.75) is 18.9 Å². The lowest BCUT2D eigenvalue weighted by Gasteiger charge is -2.32. The number of piperidine rings is 1. The average Bonchev–Trinajstić information content (AvgIpc) is 3.25. The first-order valence-electron chi connectivity index (χ1n) is 10.2. The molecule has 4 heterocycles. The van der Waals surface area contributed by atoms with E-state index in [2.05, 4.69) is 20.3 Å². The van der Waals surface area contributed by atoms with Crippen LogP contribution in [0, 0.1) is 0 Å². The number of pyridine rings is 1. The number of nitrogens with zero attached hydrogens (tertiary/aromatic N) is 4. The minimum absolute atomic E-state index is 0.0240. The summed E-state index contributed by atoms with van der Waals surface area (Å²) in [5.74, 6) is 0.567. The molecule has 1 saturated heterocycles. The van der Waals surface area contributed by atoms with Crippen LogP contribution in [0.4, 0.5) is 5.95 Å². The van der Waals surface area contributed by atoms with Crippen molar-refractivity contribution in [3.8, 4) is 11.3 Å². The Hall–Kier alpha value is -3.45. The summed E-state index contributed by atoms with van der Waals surface area (Å²) >= 11 is 6.43. The lowest BCUT2D eigenvalue weighted by Crippen LogP contribution is -2.42. The molecule has 0 radical (unpaired) electrons. The van der Waals surface area contributed by atoms with Gasteiger partial charge in [-0.05, 0) is 31.0 Å². The van der Waals surface area contributed by atoms with Crippen LogP contribution in [-0.4, -0.2) is 49.9 Å². The quantitative estimate of drug-likeness (QED) is 0.499. The number of amides is 1. The zero-order valence-electron chi connectivity index (χ0n) is 16.8. The first kappa shape index (κ1) is 19.5. The monoisotopic (exact) mass is 432 g/mol. The van der Waals surface area contributed by atoms with Crippen LogP contribution in [0.15, 0.2) is 61.2 Å². The number of nitrogens with one attached hydrogen (secondary N) is 2. The van der Waals surface area contributed by atoms with Crippen molar-refractivity contribution < 1.29 is 4.79 Å². The van der Waals surface area contributed by atoms with E-state index in [-0.39, 0.29) is 11.9 Å². The number of aromatic amines is 1. The molecule has 0 unspecified atom stereocenters. The van der Waals surface area contributed by atoms with Gasteiger partial charge in [-0.15, -0.1) is 0 Å². The highest BCUT2D eigenvalue weighted by Gasteiger charge is 2.24. The molecular formula is C23H21ClN6O. The highest BCUT2D eigenvalue weighted by Crippen LogP contribution is 2.32. The van der Waals surface area contributed by atoms with E-state index < -0.39 is 0 Å². The van der Waals surface area contributed by atoms with E-state index >= 15 is 0 Å². The van der Waals surface area contributed by atoms with Gasteiger partial charge in [0, 0.05) is 54.2 Å². The van der Waals surface area contributed by atoms with Gasteiger partial charge in [0.2, 0.25) is 5.95 Å². The Morgan fingerprint density at radius 3 is 2.77 bits per heavy atom. The summed E-state index contributed by atoms with van der Waals surface area (Å²) in [5, 5.41) is 4.99. The number of rotatable bonds is 4. The molecule has 0 saturated carbocycles. The van der Waals surface area contributed by atoms with Gasteiger partial charge in [0.25, 0.3) is 5.91 Å². The SMILES string of the molecule is O=C(c1cccnc1)N1CCC(Nc2ncc(Cl)c(-c3c[nH]c4ccccc34)n2)CC1. The third kappa shape index (κ3) is 3.96. The van der Waals surface area contributed by atoms with Gasteiger partial charge in [-0.3, -0.25) is 9.78 Å². The van der Waals surface area contributed by atoms with Crippen LogP contribution in [0.1, 0.15) is 23.2 Å². The van der Waals surface area contributed by atoms with Crippen molar-refractivity contribution in [2.75, 3.05) is 18.4 Å². The number of carbonyl (C=O) groups excluding carboxylic acids is 1. The lowest BCUT2D eigenvalue weighted by molar-refractivity contribution is 0.0718. The van der Waals surface area contributed by atoms with Crippen LogP contribution in [0.5, 0.6) is 0 Å². The number of carbonyl (C=O) groups is 1. The van der Waals surface area contributed by atoms with Crippen LogP contribution in [0.2, 0.25) is 5.02 Å². The zero-order chi connectivity index (χ0) is 21.2. The molecule has 0 spiro atoms. The molecule has 5 rings (SSSR count). The summed E-state index contributed by atoms with van der Waals surface area (Å²) < 4.78 is 0. The summed E-state index contributed by atoms with van der Waals surface area (Å²) in [6.07, 6.45) is 8.48. The number of hydrogen-bond acceptors (Lipinski definition) is 5. The lowest BCUT2D eigenvalue weighted by atomic mass is 10.0. The third-order valence-electron chi connectivity index (χ3n) is 5.61. The van der Waals surface area contributed by atoms with Crippen LogP contribution >= 0.6 is 11.6 Å². The number of para-hydroxylation sites is 1. The van der Waals surface area contributed by atoms with Crippen LogP contribution in [0.3, 0.4) is 0 Å². The number of aromatic nitrogens is 4. The second kappa shape index (κ2) is 8.35. The predicted octanol–water partition coefficient (Wildman–Crippen LogP) is 4.39. The van der Waals surface area contributed by atoms with Gasteiger partial charge in [0.05, 0.1) is 22.5 Å². The molecule has 0 aliphatic carbocycles. The van der Waals surface area contributed by atoms with Gasteiger partial charge < -0.3 is 15.2 Å². The maximum absolute atomic E-state index is 12.6. The molecule has 0 bridgehead atoms. The van der Waals surface area contributed by atoms with Gasteiger partial charge in [0.1, 0.15) is 0 Å². The molecule has 4 aromatic rings. The normalized spacial score (nSPS) is 14.7. The Balaban J connectivity index is 1.28. The minimum atomic E-state index is 0.0240. The number of benzene rings is 1. The molecule has 1 amide bonds. The van der Waals surface area contributed by atoms with E-state index in [9.17, 15) is 4.79 Å². The number of halogens is 1. The number of H-pyrrole nitrogens is 1. The van der Waals surface area contributed by atoms with E-state index in [1.165, 1.54) is 0 Å². The van der Waals surface area contributed by atoms with Crippen molar-refractivity contribution >= 4 is 34.4 Å². The van der Waals surface area contributed by atoms with E-state index in [1.54, 1.807) is 30.7 Å². The third-order valence-corrected chi connectivity index (χ3v) is 5.89. The second-order valence-electron chi connectivity index (χ2n) is 7.59. The first-order valence-corrected chi connectivity index (χ1v) is 10.6. The van der Waals surface area contributed by atoms with E-state index in [0.29, 0.717) is 35.3 Å². The smallest absolute Gasteiger partial charge is 0.255 e. The molecule has 156 valence electrons. The molecule has 0 atom stereocenters. The molecule has 31 heavy (non-hydrogen) atoms. The maximum Gasteiger partial charge on any atom is 0.255 e. The molecule has 2 N–H and O–H groups in total. The molecule has 1 aliphatic rings. The van der Waals surface area contributed by atoms with Crippen molar-refractivity contribution in [1.82, 2.24) is 24.8 Å². The molecular weight excluding hydrogens is 412 g/mol. The van der Waals surface area contributed by atoms with Gasteiger partial charge in [-0.2, -0.15) is 0 Å². The minimum Gasteiger partial charge on any atom is -0.360 e. The zero-order valence-corrected chi connectivity index (χ0v) is 17.5. The van der Waals surface area contributed by atoms with Gasteiger partial charge in [0.15, 0.2) is 0 Å². The van der Waals surface area contributed by atoms with Gasteiger partial charge in [-0.25, -0.2) is 9.97 Å². The number of likely N-dealkylation sites (tertiary alicyclic amines) is 1. The van der Waals surface area contributed by atoms with E-state index in [0.717, 1.165) is 29.3 Å². The fourth-order valence-electron chi connectivity index (χ4n) is 3.97. The molecule has 1 aliphatic heterocycles. The standard InChI is InChI=1S/C23H21ClN6O/c24-19-14-27-23(29-21(19)18-13-26-20-6-2-1-5-17(18)20)28-16-7-10-30(11-8-16)22(31)15-4-3-9-25-12-15/h1-6,9,12-14,16,26H,7-8,10-11H2,(H,27,28,29). The van der Waals surface area contributed by atoms with Crippen LogP contribution in [0.25, 0.3) is 22.2 Å². The fraction of sp³-hybridized carbons (Fsp3) is 0.217. The summed E-state index contributed by atoms with van der Waals surface area (Å²) in [7, 11) is 0. The highest BCUT2D eigenvalue weighted by atomic mass is 35.5. The van der Waals surface area contributed by atoms with Gasteiger partial charge >= 0.3 is 0 Å². The number of fused-ring (bicyclic) bond motifs is 1. The highest BCUT2D eigenvalue weighted by molar-refractivity contribution is 6.33. The Labute approximate surface area is 184 Å². The van der Waals surface area contributed by atoms with Crippen molar-refractivity contribution in [1.29, 1.82) is 0 Å². The fourth-order valence-corrected chi connectivity index (χ4v) is 4.17. The summed E-state index contributed by atoms with van der Waals surface area (Å²) in [6, 6.07) is 11.8. The predicted molar refractivity (Wildman–Crippen MR) is 121 cm³/mol. The number of anilines is 1.